The van der Waals surface area contributed by atoms with E-state index in [1.54, 1.807) is 18.2 Å². The number of benzene rings is 3. The third kappa shape index (κ3) is 3.74. The summed E-state index contributed by atoms with van der Waals surface area (Å²) in [6, 6.07) is 7.90. The molecule has 37 heavy (non-hydrogen) atoms. The molecule has 0 aliphatic carbocycles. The molecule has 2 atom stereocenters. The molecule has 0 saturated carbocycles. The second kappa shape index (κ2) is 9.36. The lowest BCUT2D eigenvalue weighted by atomic mass is 9.85. The molecular formula is C25H15Cl4FN2O5. The zero-order chi connectivity index (χ0) is 26.8. The van der Waals surface area contributed by atoms with E-state index in [9.17, 15) is 18.8 Å². The van der Waals surface area contributed by atoms with Crippen LogP contribution in [-0.4, -0.2) is 42.9 Å². The standard InChI is InChI=1S/C25H15Cl4FN2O5/c1-36-12-7-8-14(37-2)13(9-12)21-22(25(35)31(21)11-5-3-10(30)4-6-11)32-23(33)15-16(24(32)34)18(27)20(29)19(28)17(15)26/h3-9,21-22H,1-2H3/t21-,22+/m1/s1. The molecule has 3 aromatic carbocycles. The first kappa shape index (κ1) is 25.6. The zero-order valence-electron chi connectivity index (χ0n) is 19.0. The molecule has 1 saturated heterocycles. The number of amides is 3. The third-order valence-corrected chi connectivity index (χ3v) is 8.14. The lowest BCUT2D eigenvalue weighted by Gasteiger charge is -2.50. The van der Waals surface area contributed by atoms with Crippen molar-refractivity contribution in [2.75, 3.05) is 19.1 Å². The number of fused-ring (bicyclic) bond motifs is 1. The van der Waals surface area contributed by atoms with Gasteiger partial charge >= 0.3 is 0 Å². The largest absolute Gasteiger partial charge is 0.497 e. The highest BCUT2D eigenvalue weighted by molar-refractivity contribution is 6.55. The molecule has 0 unspecified atom stereocenters. The quantitative estimate of drug-likeness (QED) is 0.154. The van der Waals surface area contributed by atoms with E-state index in [4.69, 9.17) is 55.9 Å². The molecule has 0 spiro atoms. The normalized spacial score (nSPS) is 18.7. The summed E-state index contributed by atoms with van der Waals surface area (Å²) in [5.41, 5.74) is 0.308. The maximum absolute atomic E-state index is 13.6. The number of hydrogen-bond donors (Lipinski definition) is 0. The van der Waals surface area contributed by atoms with Gasteiger partial charge in [-0.15, -0.1) is 0 Å². The van der Waals surface area contributed by atoms with Crippen molar-refractivity contribution in [2.24, 2.45) is 0 Å². The SMILES string of the molecule is COc1ccc(OC)c([C@@H]2[C@H](N3C(=O)c4c(Cl)c(Cl)c(Cl)c(Cl)c4C3=O)C(=O)N2c2ccc(F)cc2)c1. The van der Waals surface area contributed by atoms with Crippen molar-refractivity contribution in [3.8, 4) is 11.5 Å². The Bertz CT molecular complexity index is 1450. The summed E-state index contributed by atoms with van der Waals surface area (Å²) < 4.78 is 24.5. The molecule has 2 aliphatic heterocycles. The maximum atomic E-state index is 13.6. The number of rotatable bonds is 5. The minimum absolute atomic E-state index is 0.186. The van der Waals surface area contributed by atoms with Gasteiger partial charge in [0.15, 0.2) is 0 Å². The van der Waals surface area contributed by atoms with E-state index in [-0.39, 0.29) is 31.2 Å². The van der Waals surface area contributed by atoms with E-state index < -0.39 is 35.6 Å². The molecule has 2 heterocycles. The smallest absolute Gasteiger partial charge is 0.264 e. The van der Waals surface area contributed by atoms with Gasteiger partial charge in [0.05, 0.1) is 51.5 Å². The molecule has 190 valence electrons. The van der Waals surface area contributed by atoms with Crippen molar-refractivity contribution < 1.29 is 28.2 Å². The van der Waals surface area contributed by atoms with Crippen molar-refractivity contribution in [1.29, 1.82) is 0 Å². The summed E-state index contributed by atoms with van der Waals surface area (Å²) in [5, 5.41) is -0.864. The molecule has 5 rings (SSSR count). The van der Waals surface area contributed by atoms with E-state index in [0.717, 1.165) is 4.90 Å². The van der Waals surface area contributed by atoms with Crippen molar-refractivity contribution in [3.05, 3.63) is 85.1 Å². The Kier molecular flexibility index (Phi) is 6.48. The van der Waals surface area contributed by atoms with E-state index in [2.05, 4.69) is 0 Å². The van der Waals surface area contributed by atoms with Gasteiger partial charge in [-0.25, -0.2) is 4.39 Å². The summed E-state index contributed by atoms with van der Waals surface area (Å²) in [4.78, 5) is 42.8. The van der Waals surface area contributed by atoms with Gasteiger partial charge in [-0.2, -0.15) is 0 Å². The second-order valence-corrected chi connectivity index (χ2v) is 9.68. The van der Waals surface area contributed by atoms with Crippen molar-refractivity contribution in [2.45, 2.75) is 12.1 Å². The fourth-order valence-electron chi connectivity index (χ4n) is 4.61. The molecule has 3 aromatic rings. The number of carbonyl (C=O) groups excluding carboxylic acids is 3. The first-order chi connectivity index (χ1) is 17.6. The fraction of sp³-hybridized carbons (Fsp3) is 0.160. The highest BCUT2D eigenvalue weighted by Crippen LogP contribution is 2.50. The van der Waals surface area contributed by atoms with Gasteiger partial charge in [0, 0.05) is 11.3 Å². The second-order valence-electron chi connectivity index (χ2n) is 8.17. The van der Waals surface area contributed by atoms with Gasteiger partial charge in [-0.05, 0) is 42.5 Å². The van der Waals surface area contributed by atoms with Crippen LogP contribution in [0.25, 0.3) is 0 Å². The highest BCUT2D eigenvalue weighted by Gasteiger charge is 2.59. The Morgan fingerprint density at radius 1 is 0.730 bits per heavy atom. The van der Waals surface area contributed by atoms with Gasteiger partial charge in [-0.3, -0.25) is 19.3 Å². The van der Waals surface area contributed by atoms with Gasteiger partial charge in [-0.1, -0.05) is 46.4 Å². The summed E-state index contributed by atoms with van der Waals surface area (Å²) in [6.07, 6.45) is 0. The average Bonchev–Trinajstić information content (AvgIpc) is 3.15. The number of nitrogens with zero attached hydrogens (tertiary/aromatic N) is 2. The lowest BCUT2D eigenvalue weighted by molar-refractivity contribution is -0.130. The zero-order valence-corrected chi connectivity index (χ0v) is 22.0. The van der Waals surface area contributed by atoms with Gasteiger partial charge < -0.3 is 14.4 Å². The Balaban J connectivity index is 1.68. The highest BCUT2D eigenvalue weighted by atomic mass is 35.5. The number of β-lactam (4-membered cyclic amide) rings is 1. The van der Waals surface area contributed by atoms with E-state index in [1.165, 1.54) is 43.4 Å². The summed E-state index contributed by atoms with van der Waals surface area (Å²) >= 11 is 24.8. The Morgan fingerprint density at radius 2 is 1.30 bits per heavy atom. The van der Waals surface area contributed by atoms with Crippen LogP contribution in [0.15, 0.2) is 42.5 Å². The summed E-state index contributed by atoms with van der Waals surface area (Å²) in [6.45, 7) is 0. The molecule has 1 fully saturated rings. The number of ether oxygens (including phenoxy) is 2. The van der Waals surface area contributed by atoms with Crippen LogP contribution in [0.2, 0.25) is 20.1 Å². The van der Waals surface area contributed by atoms with Crippen LogP contribution in [0.1, 0.15) is 32.3 Å². The average molecular weight is 584 g/mol. The van der Waals surface area contributed by atoms with Gasteiger partial charge in [0.25, 0.3) is 17.7 Å². The number of hydrogen-bond acceptors (Lipinski definition) is 5. The minimum Gasteiger partial charge on any atom is -0.497 e. The summed E-state index contributed by atoms with van der Waals surface area (Å²) in [5.74, 6) is -1.99. The Hall–Kier alpha value is -3.04. The predicted molar refractivity (Wildman–Crippen MR) is 137 cm³/mol. The molecule has 0 bridgehead atoms. The number of imide groups is 1. The number of carbonyl (C=O) groups is 3. The van der Waals surface area contributed by atoms with Crippen LogP contribution >= 0.6 is 46.4 Å². The molecular weight excluding hydrogens is 569 g/mol. The number of halogens is 5. The number of anilines is 1. The van der Waals surface area contributed by atoms with Gasteiger partial charge in [0.1, 0.15) is 23.4 Å². The third-order valence-electron chi connectivity index (χ3n) is 6.34. The molecule has 12 heteroatoms. The van der Waals surface area contributed by atoms with Crippen LogP contribution in [0.4, 0.5) is 10.1 Å². The Morgan fingerprint density at radius 3 is 1.81 bits per heavy atom. The molecule has 0 N–H and O–H groups in total. The van der Waals surface area contributed by atoms with Crippen molar-refractivity contribution in [1.82, 2.24) is 4.90 Å². The molecule has 2 aliphatic rings. The molecule has 7 nitrogen and oxygen atoms in total. The lowest BCUT2D eigenvalue weighted by Crippen LogP contribution is -2.67. The van der Waals surface area contributed by atoms with Crippen LogP contribution in [-0.2, 0) is 4.79 Å². The topological polar surface area (TPSA) is 76.1 Å². The predicted octanol–water partition coefficient (Wildman–Crippen LogP) is 6.21. The van der Waals surface area contributed by atoms with Crippen LogP contribution < -0.4 is 14.4 Å². The summed E-state index contributed by atoms with van der Waals surface area (Å²) in [7, 11) is 2.91. The maximum Gasteiger partial charge on any atom is 0.264 e. The van der Waals surface area contributed by atoms with Crippen molar-refractivity contribution in [3.63, 3.8) is 0 Å². The van der Waals surface area contributed by atoms with E-state index >= 15 is 0 Å². The van der Waals surface area contributed by atoms with Crippen LogP contribution in [0.3, 0.4) is 0 Å². The molecule has 3 amide bonds. The first-order valence-electron chi connectivity index (χ1n) is 10.7. The number of methoxy groups -OCH3 is 2. The Labute approximate surface area is 230 Å². The molecule has 0 radical (unpaired) electrons. The first-order valence-corrected chi connectivity index (χ1v) is 12.2. The monoisotopic (exact) mass is 582 g/mol. The molecule has 0 aromatic heterocycles. The van der Waals surface area contributed by atoms with Crippen LogP contribution in [0, 0.1) is 5.82 Å². The fourth-order valence-corrected chi connectivity index (χ4v) is 5.63. The minimum atomic E-state index is -1.32. The van der Waals surface area contributed by atoms with E-state index in [1.807, 2.05) is 0 Å². The van der Waals surface area contributed by atoms with E-state index in [0.29, 0.717) is 22.7 Å². The van der Waals surface area contributed by atoms with Crippen molar-refractivity contribution >= 4 is 69.8 Å². The van der Waals surface area contributed by atoms with Gasteiger partial charge in [0.2, 0.25) is 0 Å². The van der Waals surface area contributed by atoms with Crippen LogP contribution in [0.5, 0.6) is 11.5 Å².